The van der Waals surface area contributed by atoms with Crippen LogP contribution in [-0.2, 0) is 6.18 Å². The number of benzene rings is 2. The molecule has 2 aromatic carbocycles. The molecule has 0 unspecified atom stereocenters. The molecule has 0 aliphatic rings. The molecule has 0 N–H and O–H groups in total. The van der Waals surface area contributed by atoms with Crippen LogP contribution in [-0.4, -0.2) is 0 Å². The molecular weight excluding hydrogens is 299 g/mol. The first kappa shape index (κ1) is 13.6. The van der Waals surface area contributed by atoms with Crippen LogP contribution >= 0.6 is 11.3 Å². The molecule has 0 fully saturated rings. The van der Waals surface area contributed by atoms with Gasteiger partial charge in [-0.15, -0.1) is 11.3 Å². The monoisotopic (exact) mass is 305 g/mol. The Bertz CT molecular complexity index is 967. The standard InChI is InChI=1S/C15H6F3NOS/c16-15(17,18)9-2-4-11-13(6-9)21-12-5-8(7-19)1-3-10(12)14(11)20/h1-6H. The molecule has 0 atom stereocenters. The lowest BCUT2D eigenvalue weighted by molar-refractivity contribution is -0.137. The van der Waals surface area contributed by atoms with Gasteiger partial charge in [-0.3, -0.25) is 4.79 Å². The Kier molecular flexibility index (Phi) is 2.96. The largest absolute Gasteiger partial charge is 0.416 e. The lowest BCUT2D eigenvalue weighted by atomic mass is 10.1. The van der Waals surface area contributed by atoms with E-state index in [4.69, 9.17) is 5.26 Å². The molecule has 0 aliphatic carbocycles. The maximum absolute atomic E-state index is 12.7. The number of fused-ring (bicyclic) bond motifs is 2. The SMILES string of the molecule is N#Cc1ccc2c(=O)c3ccc(C(F)(F)F)cc3sc2c1. The van der Waals surface area contributed by atoms with Crippen LogP contribution in [0.3, 0.4) is 0 Å². The molecule has 3 aromatic rings. The van der Waals surface area contributed by atoms with Gasteiger partial charge in [0.1, 0.15) is 0 Å². The highest BCUT2D eigenvalue weighted by Crippen LogP contribution is 2.33. The van der Waals surface area contributed by atoms with Crippen LogP contribution in [0.1, 0.15) is 11.1 Å². The average Bonchev–Trinajstić information content (AvgIpc) is 2.45. The zero-order chi connectivity index (χ0) is 15.2. The summed E-state index contributed by atoms with van der Waals surface area (Å²) < 4.78 is 39.0. The van der Waals surface area contributed by atoms with Gasteiger partial charge in [-0.2, -0.15) is 18.4 Å². The lowest BCUT2D eigenvalue weighted by Gasteiger charge is -2.08. The highest BCUT2D eigenvalue weighted by atomic mass is 32.1. The van der Waals surface area contributed by atoms with Crippen molar-refractivity contribution in [2.75, 3.05) is 0 Å². The Morgan fingerprint density at radius 3 is 2.24 bits per heavy atom. The Hall–Kier alpha value is -2.39. The lowest BCUT2D eigenvalue weighted by Crippen LogP contribution is -2.06. The average molecular weight is 305 g/mol. The van der Waals surface area contributed by atoms with Crippen molar-refractivity contribution in [1.82, 2.24) is 0 Å². The predicted molar refractivity (Wildman–Crippen MR) is 75.3 cm³/mol. The van der Waals surface area contributed by atoms with Crippen molar-refractivity contribution < 1.29 is 13.2 Å². The molecule has 0 saturated carbocycles. The number of hydrogen-bond acceptors (Lipinski definition) is 3. The van der Waals surface area contributed by atoms with Crippen molar-refractivity contribution in [3.8, 4) is 6.07 Å². The topological polar surface area (TPSA) is 40.9 Å². The van der Waals surface area contributed by atoms with Crippen molar-refractivity contribution in [1.29, 1.82) is 5.26 Å². The second kappa shape index (κ2) is 4.57. The Morgan fingerprint density at radius 1 is 1.00 bits per heavy atom. The Morgan fingerprint density at radius 2 is 1.62 bits per heavy atom. The number of alkyl halides is 3. The number of hydrogen-bond donors (Lipinski definition) is 0. The molecule has 0 aliphatic heterocycles. The summed E-state index contributed by atoms with van der Waals surface area (Å²) in [7, 11) is 0. The van der Waals surface area contributed by atoms with Crippen LogP contribution in [0.25, 0.3) is 20.2 Å². The summed E-state index contributed by atoms with van der Waals surface area (Å²) in [5, 5.41) is 9.52. The van der Waals surface area contributed by atoms with Crippen LogP contribution < -0.4 is 5.43 Å². The summed E-state index contributed by atoms with van der Waals surface area (Å²) in [4.78, 5) is 12.3. The minimum atomic E-state index is -4.45. The fourth-order valence-corrected chi connectivity index (χ4v) is 3.25. The highest BCUT2D eigenvalue weighted by molar-refractivity contribution is 7.24. The third-order valence-electron chi connectivity index (χ3n) is 3.13. The van der Waals surface area contributed by atoms with Crippen molar-refractivity contribution in [3.05, 3.63) is 57.7 Å². The highest BCUT2D eigenvalue weighted by Gasteiger charge is 2.30. The first-order valence-electron chi connectivity index (χ1n) is 5.88. The van der Waals surface area contributed by atoms with Gasteiger partial charge in [0.2, 0.25) is 0 Å². The van der Waals surface area contributed by atoms with E-state index in [1.807, 2.05) is 6.07 Å². The summed E-state index contributed by atoms with van der Waals surface area (Å²) in [6, 6.07) is 9.60. The predicted octanol–water partition coefficient (Wildman–Crippen LogP) is 4.31. The second-order valence-corrected chi connectivity index (χ2v) is 5.55. The van der Waals surface area contributed by atoms with Gasteiger partial charge in [0.25, 0.3) is 0 Å². The minimum Gasteiger partial charge on any atom is -0.289 e. The Labute approximate surface area is 120 Å². The molecule has 0 saturated heterocycles. The maximum Gasteiger partial charge on any atom is 0.416 e. The van der Waals surface area contributed by atoms with Gasteiger partial charge in [-0.25, -0.2) is 0 Å². The van der Waals surface area contributed by atoms with E-state index in [1.54, 1.807) is 0 Å². The molecule has 1 heterocycles. The molecular formula is C15H6F3NOS. The van der Waals surface area contributed by atoms with E-state index in [1.165, 1.54) is 24.3 Å². The van der Waals surface area contributed by atoms with Gasteiger partial charge < -0.3 is 0 Å². The number of halogens is 3. The third kappa shape index (κ3) is 2.26. The van der Waals surface area contributed by atoms with Crippen LogP contribution in [0.5, 0.6) is 0 Å². The molecule has 2 nitrogen and oxygen atoms in total. The summed E-state index contributed by atoms with van der Waals surface area (Å²) in [5.41, 5.74) is -0.747. The smallest absolute Gasteiger partial charge is 0.289 e. The van der Waals surface area contributed by atoms with E-state index in [9.17, 15) is 18.0 Å². The van der Waals surface area contributed by atoms with E-state index in [0.29, 0.717) is 15.6 Å². The molecule has 6 heteroatoms. The zero-order valence-corrected chi connectivity index (χ0v) is 11.2. The van der Waals surface area contributed by atoms with Crippen molar-refractivity contribution in [3.63, 3.8) is 0 Å². The quantitative estimate of drug-likeness (QED) is 0.581. The first-order valence-corrected chi connectivity index (χ1v) is 6.70. The van der Waals surface area contributed by atoms with Crippen LogP contribution in [0.15, 0.2) is 41.2 Å². The van der Waals surface area contributed by atoms with Gasteiger partial charge in [-0.1, -0.05) is 0 Å². The van der Waals surface area contributed by atoms with Crippen LogP contribution in [0, 0.1) is 11.3 Å². The number of rotatable bonds is 0. The van der Waals surface area contributed by atoms with E-state index < -0.39 is 11.7 Å². The zero-order valence-electron chi connectivity index (χ0n) is 10.4. The summed E-state index contributed by atoms with van der Waals surface area (Å²) in [6.45, 7) is 0. The molecule has 0 radical (unpaired) electrons. The first-order chi connectivity index (χ1) is 9.90. The van der Waals surface area contributed by atoms with Gasteiger partial charge >= 0.3 is 6.18 Å². The Balaban J connectivity index is 2.40. The van der Waals surface area contributed by atoms with Crippen LogP contribution in [0.2, 0.25) is 0 Å². The molecule has 104 valence electrons. The van der Waals surface area contributed by atoms with Gasteiger partial charge in [0, 0.05) is 20.2 Å². The maximum atomic E-state index is 12.7. The van der Waals surface area contributed by atoms with E-state index >= 15 is 0 Å². The molecule has 0 amide bonds. The summed E-state index contributed by atoms with van der Waals surface area (Å²) in [6.07, 6.45) is -4.45. The summed E-state index contributed by atoms with van der Waals surface area (Å²) in [5.74, 6) is 0. The van der Waals surface area contributed by atoms with E-state index in [2.05, 4.69) is 0 Å². The molecule has 0 spiro atoms. The molecule has 3 rings (SSSR count). The molecule has 1 aromatic heterocycles. The molecule has 21 heavy (non-hydrogen) atoms. The van der Waals surface area contributed by atoms with Crippen molar-refractivity contribution in [2.24, 2.45) is 0 Å². The van der Waals surface area contributed by atoms with Gasteiger partial charge in [0.15, 0.2) is 5.43 Å². The summed E-state index contributed by atoms with van der Waals surface area (Å²) >= 11 is 1.07. The third-order valence-corrected chi connectivity index (χ3v) is 4.24. The van der Waals surface area contributed by atoms with Crippen LogP contribution in [0.4, 0.5) is 13.2 Å². The fraction of sp³-hybridized carbons (Fsp3) is 0.0667. The van der Waals surface area contributed by atoms with Crippen molar-refractivity contribution >= 4 is 31.5 Å². The second-order valence-electron chi connectivity index (χ2n) is 4.46. The van der Waals surface area contributed by atoms with Crippen molar-refractivity contribution in [2.45, 2.75) is 6.18 Å². The number of nitrogens with zero attached hydrogens (tertiary/aromatic N) is 1. The molecule has 0 bridgehead atoms. The van der Waals surface area contributed by atoms with E-state index in [0.717, 1.165) is 23.5 Å². The number of nitriles is 1. The van der Waals surface area contributed by atoms with Gasteiger partial charge in [-0.05, 0) is 36.4 Å². The fourth-order valence-electron chi connectivity index (χ4n) is 2.10. The van der Waals surface area contributed by atoms with Gasteiger partial charge in [0.05, 0.1) is 17.2 Å². The van der Waals surface area contributed by atoms with E-state index in [-0.39, 0.29) is 15.5 Å². The normalized spacial score (nSPS) is 11.7. The minimum absolute atomic E-state index is 0.255.